The van der Waals surface area contributed by atoms with Gasteiger partial charge in [-0.3, -0.25) is 4.79 Å². The molecule has 0 fully saturated rings. The molecule has 0 saturated carbocycles. The molecule has 2 aromatic rings. The van der Waals surface area contributed by atoms with E-state index < -0.39 is 0 Å². The Labute approximate surface area is 134 Å². The minimum atomic E-state index is 0.0857. The van der Waals surface area contributed by atoms with Gasteiger partial charge in [-0.05, 0) is 35.4 Å². The lowest BCUT2D eigenvalue weighted by atomic mass is 10.00. The molecule has 0 aromatic heterocycles. The van der Waals surface area contributed by atoms with E-state index in [1.54, 1.807) is 0 Å². The fourth-order valence-electron chi connectivity index (χ4n) is 2.40. The maximum absolute atomic E-state index is 12.5. The highest BCUT2D eigenvalue weighted by molar-refractivity contribution is 9.10. The van der Waals surface area contributed by atoms with E-state index in [0.717, 1.165) is 32.2 Å². The first-order valence-electron chi connectivity index (χ1n) is 6.36. The summed E-state index contributed by atoms with van der Waals surface area (Å²) in [6.07, 6.45) is 1.25. The highest BCUT2D eigenvalue weighted by Gasteiger charge is 2.21. The zero-order valence-electron chi connectivity index (χ0n) is 10.7. The number of benzene rings is 2. The molecule has 2 aromatic carbocycles. The summed E-state index contributed by atoms with van der Waals surface area (Å²) in [7, 11) is 0. The molecule has 1 aliphatic heterocycles. The number of carbonyl (C=O) groups is 1. The number of fused-ring (bicyclic) bond motifs is 1. The molecule has 0 bridgehead atoms. The zero-order chi connectivity index (χ0) is 14.1. The Hall–Kier alpha value is -1.13. The van der Waals surface area contributed by atoms with Crippen LogP contribution in [0.5, 0.6) is 5.75 Å². The maximum Gasteiger partial charge on any atom is 0.171 e. The Morgan fingerprint density at radius 2 is 2.00 bits per heavy atom. The van der Waals surface area contributed by atoms with Crippen molar-refractivity contribution in [3.8, 4) is 5.75 Å². The summed E-state index contributed by atoms with van der Waals surface area (Å²) in [5.74, 6) is 0.843. The standard InChI is InChI=1S/C16H12Br2O2/c17-12-3-1-2-10(6-12)7-15(19)14-9-13(18)8-11-4-5-20-16(11)14/h1-3,6,8-9H,4-5,7H2. The van der Waals surface area contributed by atoms with Crippen LogP contribution in [-0.2, 0) is 12.8 Å². The van der Waals surface area contributed by atoms with Crippen molar-refractivity contribution >= 4 is 37.6 Å². The molecule has 0 radical (unpaired) electrons. The van der Waals surface area contributed by atoms with Gasteiger partial charge in [0.25, 0.3) is 0 Å². The number of hydrogen-bond donors (Lipinski definition) is 0. The minimum Gasteiger partial charge on any atom is -0.492 e. The molecule has 0 N–H and O–H groups in total. The van der Waals surface area contributed by atoms with E-state index in [2.05, 4.69) is 31.9 Å². The largest absolute Gasteiger partial charge is 0.492 e. The van der Waals surface area contributed by atoms with Gasteiger partial charge in [0.1, 0.15) is 5.75 Å². The molecular weight excluding hydrogens is 384 g/mol. The molecule has 4 heteroatoms. The van der Waals surface area contributed by atoms with Crippen molar-refractivity contribution in [1.82, 2.24) is 0 Å². The van der Waals surface area contributed by atoms with Gasteiger partial charge in [-0.25, -0.2) is 0 Å². The van der Waals surface area contributed by atoms with Crippen molar-refractivity contribution in [1.29, 1.82) is 0 Å². The Morgan fingerprint density at radius 3 is 2.80 bits per heavy atom. The van der Waals surface area contributed by atoms with Crippen LogP contribution in [0, 0.1) is 0 Å². The van der Waals surface area contributed by atoms with Gasteiger partial charge in [-0.1, -0.05) is 44.0 Å². The molecule has 2 nitrogen and oxygen atoms in total. The van der Waals surface area contributed by atoms with E-state index in [9.17, 15) is 4.79 Å². The number of Topliss-reactive ketones (excluding diaryl/α,β-unsaturated/α-hetero) is 1. The van der Waals surface area contributed by atoms with Gasteiger partial charge in [0, 0.05) is 21.8 Å². The Kier molecular flexibility index (Phi) is 3.94. The number of ketones is 1. The Balaban J connectivity index is 1.92. The molecule has 0 saturated heterocycles. The third-order valence-electron chi connectivity index (χ3n) is 3.30. The first-order chi connectivity index (χ1) is 9.63. The smallest absolute Gasteiger partial charge is 0.171 e. The second-order valence-electron chi connectivity index (χ2n) is 4.77. The van der Waals surface area contributed by atoms with Gasteiger partial charge in [0.2, 0.25) is 0 Å². The van der Waals surface area contributed by atoms with Crippen molar-refractivity contribution in [3.05, 3.63) is 62.0 Å². The van der Waals surface area contributed by atoms with Crippen LogP contribution in [0.2, 0.25) is 0 Å². The summed E-state index contributed by atoms with van der Waals surface area (Å²) in [6.45, 7) is 0.656. The number of carbonyl (C=O) groups excluding carboxylic acids is 1. The highest BCUT2D eigenvalue weighted by Crippen LogP contribution is 2.33. The molecule has 0 atom stereocenters. The van der Waals surface area contributed by atoms with Crippen molar-refractivity contribution in [2.24, 2.45) is 0 Å². The molecule has 1 heterocycles. The van der Waals surface area contributed by atoms with Crippen LogP contribution in [0.25, 0.3) is 0 Å². The molecular formula is C16H12Br2O2. The lowest BCUT2D eigenvalue weighted by Crippen LogP contribution is -2.06. The average molecular weight is 396 g/mol. The molecule has 0 amide bonds. The SMILES string of the molecule is O=C(Cc1cccc(Br)c1)c1cc(Br)cc2c1OCC2. The quantitative estimate of drug-likeness (QED) is 0.711. The Morgan fingerprint density at radius 1 is 1.15 bits per heavy atom. The number of rotatable bonds is 3. The van der Waals surface area contributed by atoms with Crippen LogP contribution in [0.4, 0.5) is 0 Å². The lowest BCUT2D eigenvalue weighted by Gasteiger charge is -2.08. The van der Waals surface area contributed by atoms with Gasteiger partial charge in [-0.2, -0.15) is 0 Å². The highest BCUT2D eigenvalue weighted by atomic mass is 79.9. The second kappa shape index (κ2) is 5.70. The van der Waals surface area contributed by atoms with E-state index in [1.807, 2.05) is 36.4 Å². The van der Waals surface area contributed by atoms with Crippen LogP contribution in [0.15, 0.2) is 45.3 Å². The molecule has 1 aliphatic rings. The molecule has 0 spiro atoms. The van der Waals surface area contributed by atoms with Gasteiger partial charge in [-0.15, -0.1) is 0 Å². The molecule has 0 aliphatic carbocycles. The Bertz CT molecular complexity index is 680. The first kappa shape index (κ1) is 13.8. The molecule has 3 rings (SSSR count). The summed E-state index contributed by atoms with van der Waals surface area (Å²) in [5, 5.41) is 0. The van der Waals surface area contributed by atoms with Crippen molar-refractivity contribution in [2.75, 3.05) is 6.61 Å². The monoisotopic (exact) mass is 394 g/mol. The number of ether oxygens (including phenoxy) is 1. The van der Waals surface area contributed by atoms with E-state index in [0.29, 0.717) is 18.6 Å². The van der Waals surface area contributed by atoms with Crippen LogP contribution < -0.4 is 4.74 Å². The summed E-state index contributed by atoms with van der Waals surface area (Å²) in [4.78, 5) is 12.5. The third-order valence-corrected chi connectivity index (χ3v) is 4.25. The fraction of sp³-hybridized carbons (Fsp3) is 0.188. The van der Waals surface area contributed by atoms with Gasteiger partial charge in [0.05, 0.1) is 12.2 Å². The van der Waals surface area contributed by atoms with Crippen LogP contribution in [0.1, 0.15) is 21.5 Å². The van der Waals surface area contributed by atoms with Crippen molar-refractivity contribution < 1.29 is 9.53 Å². The van der Waals surface area contributed by atoms with Crippen LogP contribution in [-0.4, -0.2) is 12.4 Å². The van der Waals surface area contributed by atoms with E-state index in [4.69, 9.17) is 4.74 Å². The lowest BCUT2D eigenvalue weighted by molar-refractivity contribution is 0.0990. The maximum atomic E-state index is 12.5. The number of hydrogen-bond acceptors (Lipinski definition) is 2. The predicted octanol–water partition coefficient (Wildman–Crippen LogP) is 4.57. The van der Waals surface area contributed by atoms with Crippen LogP contribution in [0.3, 0.4) is 0 Å². The van der Waals surface area contributed by atoms with Crippen molar-refractivity contribution in [3.63, 3.8) is 0 Å². The van der Waals surface area contributed by atoms with Gasteiger partial charge >= 0.3 is 0 Å². The van der Waals surface area contributed by atoms with Crippen molar-refractivity contribution in [2.45, 2.75) is 12.8 Å². The number of halogens is 2. The van der Waals surface area contributed by atoms with E-state index in [1.165, 1.54) is 0 Å². The summed E-state index contributed by atoms with van der Waals surface area (Å²) in [5.41, 5.74) is 2.78. The normalized spacial score (nSPS) is 12.9. The van der Waals surface area contributed by atoms with Gasteiger partial charge in [0.15, 0.2) is 5.78 Å². The topological polar surface area (TPSA) is 26.3 Å². The predicted molar refractivity (Wildman–Crippen MR) is 85.5 cm³/mol. The summed E-state index contributed by atoms with van der Waals surface area (Å²) >= 11 is 6.89. The second-order valence-corrected chi connectivity index (χ2v) is 6.60. The van der Waals surface area contributed by atoms with Crippen LogP contribution >= 0.6 is 31.9 Å². The van der Waals surface area contributed by atoms with E-state index >= 15 is 0 Å². The third kappa shape index (κ3) is 2.81. The molecule has 0 unspecified atom stereocenters. The van der Waals surface area contributed by atoms with E-state index in [-0.39, 0.29) is 5.78 Å². The zero-order valence-corrected chi connectivity index (χ0v) is 13.8. The first-order valence-corrected chi connectivity index (χ1v) is 7.95. The summed E-state index contributed by atoms with van der Waals surface area (Å²) in [6, 6.07) is 11.7. The van der Waals surface area contributed by atoms with Gasteiger partial charge < -0.3 is 4.74 Å². The minimum absolute atomic E-state index is 0.0857. The fourth-order valence-corrected chi connectivity index (χ4v) is 3.36. The molecule has 102 valence electrons. The molecule has 20 heavy (non-hydrogen) atoms. The average Bonchev–Trinajstić information content (AvgIpc) is 2.85. The summed E-state index contributed by atoms with van der Waals surface area (Å²) < 4.78 is 7.53.